The Labute approximate surface area is 99.8 Å². The van der Waals surface area contributed by atoms with Gasteiger partial charge in [-0.3, -0.25) is 0 Å². The van der Waals surface area contributed by atoms with Gasteiger partial charge in [0.2, 0.25) is 0 Å². The van der Waals surface area contributed by atoms with E-state index in [4.69, 9.17) is 16.0 Å². The lowest BCUT2D eigenvalue weighted by Crippen LogP contribution is -2.17. The maximum atomic E-state index is 6.23. The van der Waals surface area contributed by atoms with Crippen LogP contribution in [0.3, 0.4) is 0 Å². The van der Waals surface area contributed by atoms with Gasteiger partial charge in [0.1, 0.15) is 5.76 Å². The molecular formula is C13H14ClNO. The van der Waals surface area contributed by atoms with Gasteiger partial charge in [-0.15, -0.1) is 0 Å². The fraction of sp³-hybridized carbons (Fsp3) is 0.385. The SMILES string of the molecule is Cc1cc2cc(N3CCCC3)cc(Cl)c2o1. The fourth-order valence-electron chi connectivity index (χ4n) is 2.38. The Morgan fingerprint density at radius 3 is 2.69 bits per heavy atom. The van der Waals surface area contributed by atoms with Crippen LogP contribution in [-0.4, -0.2) is 13.1 Å². The topological polar surface area (TPSA) is 16.4 Å². The first-order valence-electron chi connectivity index (χ1n) is 5.69. The summed E-state index contributed by atoms with van der Waals surface area (Å²) in [5, 5.41) is 1.82. The molecule has 2 nitrogen and oxygen atoms in total. The van der Waals surface area contributed by atoms with E-state index in [9.17, 15) is 0 Å². The molecule has 0 N–H and O–H groups in total. The second-order valence-electron chi connectivity index (χ2n) is 4.40. The molecule has 2 heterocycles. The van der Waals surface area contributed by atoms with Crippen LogP contribution in [0.5, 0.6) is 0 Å². The Bertz CT molecular complexity index is 526. The zero-order chi connectivity index (χ0) is 11.1. The summed E-state index contributed by atoms with van der Waals surface area (Å²) in [6.45, 7) is 4.23. The molecule has 0 unspecified atom stereocenters. The van der Waals surface area contributed by atoms with Gasteiger partial charge >= 0.3 is 0 Å². The molecule has 0 amide bonds. The summed E-state index contributed by atoms with van der Waals surface area (Å²) in [4.78, 5) is 2.38. The number of aryl methyl sites for hydroxylation is 1. The summed E-state index contributed by atoms with van der Waals surface area (Å²) >= 11 is 6.23. The molecule has 0 spiro atoms. The second kappa shape index (κ2) is 3.70. The highest BCUT2D eigenvalue weighted by Crippen LogP contribution is 2.33. The van der Waals surface area contributed by atoms with Crippen molar-refractivity contribution in [1.29, 1.82) is 0 Å². The van der Waals surface area contributed by atoms with Crippen LogP contribution in [0.15, 0.2) is 22.6 Å². The lowest BCUT2D eigenvalue weighted by atomic mass is 10.2. The van der Waals surface area contributed by atoms with Crippen molar-refractivity contribution >= 4 is 28.3 Å². The third kappa shape index (κ3) is 1.57. The average molecular weight is 236 g/mol. The molecule has 0 bridgehead atoms. The highest BCUT2D eigenvalue weighted by atomic mass is 35.5. The largest absolute Gasteiger partial charge is 0.460 e. The summed E-state index contributed by atoms with van der Waals surface area (Å²) in [6, 6.07) is 6.22. The van der Waals surface area contributed by atoms with Gasteiger partial charge in [0.05, 0.1) is 5.02 Å². The number of fused-ring (bicyclic) bond motifs is 1. The van der Waals surface area contributed by atoms with Crippen LogP contribution in [0.4, 0.5) is 5.69 Å². The van der Waals surface area contributed by atoms with E-state index in [1.54, 1.807) is 0 Å². The normalized spacial score (nSPS) is 16.2. The first-order valence-corrected chi connectivity index (χ1v) is 6.06. The molecule has 0 atom stereocenters. The van der Waals surface area contributed by atoms with Crippen molar-refractivity contribution in [2.45, 2.75) is 19.8 Å². The maximum absolute atomic E-state index is 6.23. The minimum absolute atomic E-state index is 0.715. The molecule has 1 fully saturated rings. The molecule has 16 heavy (non-hydrogen) atoms. The molecular weight excluding hydrogens is 222 g/mol. The van der Waals surface area contributed by atoms with Crippen LogP contribution in [0, 0.1) is 6.92 Å². The quantitative estimate of drug-likeness (QED) is 0.743. The lowest BCUT2D eigenvalue weighted by Gasteiger charge is -2.17. The van der Waals surface area contributed by atoms with E-state index in [0.717, 1.165) is 29.8 Å². The van der Waals surface area contributed by atoms with Gasteiger partial charge in [-0.2, -0.15) is 0 Å². The first-order chi connectivity index (χ1) is 7.74. The Morgan fingerprint density at radius 1 is 1.19 bits per heavy atom. The third-order valence-corrected chi connectivity index (χ3v) is 3.43. The number of hydrogen-bond acceptors (Lipinski definition) is 2. The number of rotatable bonds is 1. The summed E-state index contributed by atoms with van der Waals surface area (Å²) in [6.07, 6.45) is 2.56. The Hall–Kier alpha value is -1.15. The van der Waals surface area contributed by atoms with Gasteiger partial charge < -0.3 is 9.32 Å². The van der Waals surface area contributed by atoms with Gasteiger partial charge in [0.25, 0.3) is 0 Å². The number of furan rings is 1. The van der Waals surface area contributed by atoms with Gasteiger partial charge in [-0.05, 0) is 38.0 Å². The average Bonchev–Trinajstić information content (AvgIpc) is 2.84. The minimum Gasteiger partial charge on any atom is -0.460 e. The molecule has 0 aliphatic carbocycles. The van der Waals surface area contributed by atoms with Crippen LogP contribution < -0.4 is 4.90 Å². The maximum Gasteiger partial charge on any atom is 0.152 e. The van der Waals surface area contributed by atoms with Gasteiger partial charge in [-0.25, -0.2) is 0 Å². The molecule has 1 saturated heterocycles. The van der Waals surface area contributed by atoms with Crippen molar-refractivity contribution in [1.82, 2.24) is 0 Å². The van der Waals surface area contributed by atoms with Gasteiger partial charge in [-0.1, -0.05) is 11.6 Å². The molecule has 0 saturated carbocycles. The van der Waals surface area contributed by atoms with Crippen LogP contribution in [0.1, 0.15) is 18.6 Å². The van der Waals surface area contributed by atoms with E-state index in [-0.39, 0.29) is 0 Å². The highest BCUT2D eigenvalue weighted by Gasteiger charge is 2.15. The summed E-state index contributed by atoms with van der Waals surface area (Å²) in [7, 11) is 0. The molecule has 1 aromatic heterocycles. The number of anilines is 1. The summed E-state index contributed by atoms with van der Waals surface area (Å²) in [5.41, 5.74) is 2.03. The van der Waals surface area contributed by atoms with Crippen LogP contribution >= 0.6 is 11.6 Å². The number of benzene rings is 1. The number of hydrogen-bond donors (Lipinski definition) is 0. The molecule has 1 aromatic carbocycles. The number of halogens is 1. The Balaban J connectivity index is 2.12. The summed E-state index contributed by atoms with van der Waals surface area (Å²) < 4.78 is 5.57. The van der Waals surface area contributed by atoms with E-state index in [1.807, 2.05) is 19.1 Å². The Morgan fingerprint density at radius 2 is 1.94 bits per heavy atom. The van der Waals surface area contributed by atoms with Crippen molar-refractivity contribution in [3.8, 4) is 0 Å². The van der Waals surface area contributed by atoms with E-state index in [0.29, 0.717) is 5.02 Å². The van der Waals surface area contributed by atoms with Crippen molar-refractivity contribution < 1.29 is 4.42 Å². The van der Waals surface area contributed by atoms with E-state index in [2.05, 4.69) is 11.0 Å². The number of nitrogens with zero attached hydrogens (tertiary/aromatic N) is 1. The molecule has 3 rings (SSSR count). The standard InChI is InChI=1S/C13H14ClNO/c1-9-6-10-7-11(15-4-2-3-5-15)8-12(14)13(10)16-9/h6-8H,2-5H2,1H3. The van der Waals surface area contributed by atoms with Crippen LogP contribution in [0.2, 0.25) is 5.02 Å². The summed E-state index contributed by atoms with van der Waals surface area (Å²) in [5.74, 6) is 0.912. The van der Waals surface area contributed by atoms with Crippen molar-refractivity contribution in [3.63, 3.8) is 0 Å². The lowest BCUT2D eigenvalue weighted by molar-refractivity contribution is 0.578. The first kappa shape index (κ1) is 10.0. The zero-order valence-corrected chi connectivity index (χ0v) is 10.0. The molecule has 2 aromatic rings. The van der Waals surface area contributed by atoms with E-state index < -0.39 is 0 Å². The minimum atomic E-state index is 0.715. The van der Waals surface area contributed by atoms with Crippen molar-refractivity contribution in [2.24, 2.45) is 0 Å². The fourth-order valence-corrected chi connectivity index (χ4v) is 2.64. The predicted octanol–water partition coefficient (Wildman–Crippen LogP) is 3.99. The Kier molecular flexibility index (Phi) is 2.32. The highest BCUT2D eigenvalue weighted by molar-refractivity contribution is 6.35. The van der Waals surface area contributed by atoms with E-state index in [1.165, 1.54) is 18.5 Å². The molecule has 84 valence electrons. The monoisotopic (exact) mass is 235 g/mol. The molecule has 3 heteroatoms. The smallest absolute Gasteiger partial charge is 0.152 e. The van der Waals surface area contributed by atoms with Crippen LogP contribution in [-0.2, 0) is 0 Å². The predicted molar refractivity (Wildman–Crippen MR) is 67.4 cm³/mol. The zero-order valence-electron chi connectivity index (χ0n) is 9.29. The van der Waals surface area contributed by atoms with Gasteiger partial charge in [0.15, 0.2) is 5.58 Å². The van der Waals surface area contributed by atoms with Gasteiger partial charge in [0, 0.05) is 24.2 Å². The molecule has 1 aliphatic rings. The van der Waals surface area contributed by atoms with Crippen LogP contribution in [0.25, 0.3) is 11.0 Å². The van der Waals surface area contributed by atoms with Crippen molar-refractivity contribution in [3.05, 3.63) is 29.0 Å². The van der Waals surface area contributed by atoms with Crippen molar-refractivity contribution in [2.75, 3.05) is 18.0 Å². The molecule has 1 aliphatic heterocycles. The molecule has 0 radical (unpaired) electrons. The van der Waals surface area contributed by atoms with E-state index >= 15 is 0 Å². The second-order valence-corrected chi connectivity index (χ2v) is 4.80. The third-order valence-electron chi connectivity index (χ3n) is 3.15.